The maximum absolute atomic E-state index is 3.73. The summed E-state index contributed by atoms with van der Waals surface area (Å²) in [6.07, 6.45) is 2.67. The van der Waals surface area contributed by atoms with Gasteiger partial charge < -0.3 is 10.2 Å². The molecule has 0 aromatic heterocycles. The summed E-state index contributed by atoms with van der Waals surface area (Å²) in [6.45, 7) is 10.3. The standard InChI is InChI=1S/C17H28N2/c1-13-5-6-17(14(2)11-13)15(3)18-12-16-7-9-19(4)10-8-16/h5-6,11,15-16,18H,7-10,12H2,1-4H3. The third-order valence-electron chi connectivity index (χ3n) is 4.44. The van der Waals surface area contributed by atoms with Crippen LogP contribution in [0.1, 0.15) is 42.5 Å². The van der Waals surface area contributed by atoms with E-state index in [1.54, 1.807) is 0 Å². The van der Waals surface area contributed by atoms with Gasteiger partial charge in [0, 0.05) is 6.04 Å². The van der Waals surface area contributed by atoms with Crippen molar-refractivity contribution in [3.05, 3.63) is 34.9 Å². The molecule has 1 unspecified atom stereocenters. The summed E-state index contributed by atoms with van der Waals surface area (Å²) in [5.41, 5.74) is 4.20. The second kappa shape index (κ2) is 6.53. The zero-order valence-corrected chi connectivity index (χ0v) is 12.9. The molecule has 2 nitrogen and oxygen atoms in total. The van der Waals surface area contributed by atoms with Crippen LogP contribution in [0.2, 0.25) is 0 Å². The molecule has 0 saturated carbocycles. The van der Waals surface area contributed by atoms with Gasteiger partial charge in [-0.25, -0.2) is 0 Å². The van der Waals surface area contributed by atoms with Crippen LogP contribution < -0.4 is 5.32 Å². The molecule has 1 N–H and O–H groups in total. The Hall–Kier alpha value is -0.860. The summed E-state index contributed by atoms with van der Waals surface area (Å²) in [6, 6.07) is 7.23. The van der Waals surface area contributed by atoms with Crippen LogP contribution in [-0.4, -0.2) is 31.6 Å². The topological polar surface area (TPSA) is 15.3 Å². The van der Waals surface area contributed by atoms with Crippen LogP contribution in [0.15, 0.2) is 18.2 Å². The van der Waals surface area contributed by atoms with E-state index in [4.69, 9.17) is 0 Å². The van der Waals surface area contributed by atoms with E-state index in [-0.39, 0.29) is 0 Å². The van der Waals surface area contributed by atoms with Crippen molar-refractivity contribution in [2.24, 2.45) is 5.92 Å². The summed E-state index contributed by atoms with van der Waals surface area (Å²) in [7, 11) is 2.22. The van der Waals surface area contributed by atoms with E-state index in [0.29, 0.717) is 6.04 Å². The number of hydrogen-bond acceptors (Lipinski definition) is 2. The number of likely N-dealkylation sites (tertiary alicyclic amines) is 1. The van der Waals surface area contributed by atoms with Crippen LogP contribution in [0.5, 0.6) is 0 Å². The van der Waals surface area contributed by atoms with Gasteiger partial charge in [0.25, 0.3) is 0 Å². The molecule has 1 aliphatic rings. The highest BCUT2D eigenvalue weighted by molar-refractivity contribution is 5.32. The summed E-state index contributed by atoms with van der Waals surface area (Å²) in [5.74, 6) is 0.851. The third kappa shape index (κ3) is 4.05. The predicted octanol–water partition coefficient (Wildman–Crippen LogP) is 3.30. The van der Waals surface area contributed by atoms with Gasteiger partial charge in [-0.3, -0.25) is 0 Å². The van der Waals surface area contributed by atoms with Gasteiger partial charge in [-0.05, 0) is 77.3 Å². The Bertz CT molecular complexity index is 406. The molecule has 1 aromatic carbocycles. The van der Waals surface area contributed by atoms with Crippen LogP contribution in [-0.2, 0) is 0 Å². The second-order valence-corrected chi connectivity index (χ2v) is 6.24. The minimum Gasteiger partial charge on any atom is -0.310 e. The second-order valence-electron chi connectivity index (χ2n) is 6.24. The van der Waals surface area contributed by atoms with Gasteiger partial charge in [-0.15, -0.1) is 0 Å². The summed E-state index contributed by atoms with van der Waals surface area (Å²) >= 11 is 0. The SMILES string of the molecule is Cc1ccc(C(C)NCC2CCN(C)CC2)c(C)c1. The number of benzene rings is 1. The Morgan fingerprint density at radius 1 is 1.26 bits per heavy atom. The lowest BCUT2D eigenvalue weighted by Crippen LogP contribution is -2.35. The van der Waals surface area contributed by atoms with Crippen molar-refractivity contribution in [2.75, 3.05) is 26.7 Å². The fraction of sp³-hybridized carbons (Fsp3) is 0.647. The van der Waals surface area contributed by atoms with Crippen LogP contribution in [0.4, 0.5) is 0 Å². The molecule has 1 atom stereocenters. The lowest BCUT2D eigenvalue weighted by molar-refractivity contribution is 0.213. The lowest BCUT2D eigenvalue weighted by atomic mass is 9.95. The number of rotatable bonds is 4. The van der Waals surface area contributed by atoms with Crippen molar-refractivity contribution in [2.45, 2.75) is 39.7 Å². The van der Waals surface area contributed by atoms with Crippen LogP contribution in [0.3, 0.4) is 0 Å². The average Bonchev–Trinajstić information content (AvgIpc) is 2.37. The molecule has 0 spiro atoms. The van der Waals surface area contributed by atoms with Gasteiger partial charge >= 0.3 is 0 Å². The summed E-state index contributed by atoms with van der Waals surface area (Å²) < 4.78 is 0. The van der Waals surface area contributed by atoms with Gasteiger partial charge in [-0.2, -0.15) is 0 Å². The molecule has 0 aliphatic carbocycles. The smallest absolute Gasteiger partial charge is 0.0294 e. The van der Waals surface area contributed by atoms with E-state index in [0.717, 1.165) is 12.5 Å². The molecule has 1 aliphatic heterocycles. The minimum absolute atomic E-state index is 0.459. The number of hydrogen-bond donors (Lipinski definition) is 1. The van der Waals surface area contributed by atoms with Crippen LogP contribution >= 0.6 is 0 Å². The molecule has 1 heterocycles. The molecule has 0 bridgehead atoms. The first kappa shape index (κ1) is 14.5. The number of nitrogens with one attached hydrogen (secondary N) is 1. The molecule has 2 heteroatoms. The van der Waals surface area contributed by atoms with Gasteiger partial charge in [0.2, 0.25) is 0 Å². The molecule has 19 heavy (non-hydrogen) atoms. The summed E-state index contributed by atoms with van der Waals surface area (Å²) in [4.78, 5) is 2.43. The molecule has 1 saturated heterocycles. The number of aryl methyl sites for hydroxylation is 2. The summed E-state index contributed by atoms with van der Waals surface area (Å²) in [5, 5.41) is 3.73. The normalized spacial score (nSPS) is 19.6. The molecule has 106 valence electrons. The average molecular weight is 260 g/mol. The Balaban J connectivity index is 1.85. The van der Waals surface area contributed by atoms with Crippen LogP contribution in [0.25, 0.3) is 0 Å². The van der Waals surface area contributed by atoms with Crippen molar-refractivity contribution in [1.29, 1.82) is 0 Å². The highest BCUT2D eigenvalue weighted by atomic mass is 15.1. The van der Waals surface area contributed by atoms with Crippen molar-refractivity contribution >= 4 is 0 Å². The van der Waals surface area contributed by atoms with Crippen molar-refractivity contribution in [3.63, 3.8) is 0 Å². The van der Waals surface area contributed by atoms with Gasteiger partial charge in [0.1, 0.15) is 0 Å². The number of nitrogens with zero attached hydrogens (tertiary/aromatic N) is 1. The largest absolute Gasteiger partial charge is 0.310 e. The van der Waals surface area contributed by atoms with E-state index >= 15 is 0 Å². The van der Waals surface area contributed by atoms with E-state index in [1.807, 2.05) is 0 Å². The Morgan fingerprint density at radius 2 is 1.95 bits per heavy atom. The highest BCUT2D eigenvalue weighted by Crippen LogP contribution is 2.20. The maximum Gasteiger partial charge on any atom is 0.0294 e. The van der Waals surface area contributed by atoms with Crippen molar-refractivity contribution < 1.29 is 0 Å². The Morgan fingerprint density at radius 3 is 2.58 bits per heavy atom. The van der Waals surface area contributed by atoms with E-state index in [2.05, 4.69) is 56.2 Å². The van der Waals surface area contributed by atoms with E-state index < -0.39 is 0 Å². The molecule has 2 rings (SSSR count). The molecule has 0 amide bonds. The highest BCUT2D eigenvalue weighted by Gasteiger charge is 2.17. The molecular weight excluding hydrogens is 232 g/mol. The fourth-order valence-corrected chi connectivity index (χ4v) is 3.03. The zero-order chi connectivity index (χ0) is 13.8. The molecular formula is C17H28N2. The molecule has 1 fully saturated rings. The Labute approximate surface area is 118 Å². The Kier molecular flexibility index (Phi) is 5.00. The van der Waals surface area contributed by atoms with Gasteiger partial charge in [0.15, 0.2) is 0 Å². The fourth-order valence-electron chi connectivity index (χ4n) is 3.03. The van der Waals surface area contributed by atoms with E-state index in [9.17, 15) is 0 Å². The van der Waals surface area contributed by atoms with E-state index in [1.165, 1.54) is 42.6 Å². The van der Waals surface area contributed by atoms with Crippen molar-refractivity contribution in [3.8, 4) is 0 Å². The van der Waals surface area contributed by atoms with Crippen LogP contribution in [0, 0.1) is 19.8 Å². The quantitative estimate of drug-likeness (QED) is 0.893. The molecule has 1 aromatic rings. The zero-order valence-electron chi connectivity index (χ0n) is 12.9. The first-order valence-corrected chi connectivity index (χ1v) is 7.55. The molecule has 0 radical (unpaired) electrons. The number of piperidine rings is 1. The first-order chi connectivity index (χ1) is 9.06. The third-order valence-corrected chi connectivity index (χ3v) is 4.44. The minimum atomic E-state index is 0.459. The van der Waals surface area contributed by atoms with Gasteiger partial charge in [-0.1, -0.05) is 23.8 Å². The van der Waals surface area contributed by atoms with Crippen molar-refractivity contribution in [1.82, 2.24) is 10.2 Å². The monoisotopic (exact) mass is 260 g/mol. The lowest BCUT2D eigenvalue weighted by Gasteiger charge is -2.30. The maximum atomic E-state index is 3.73. The predicted molar refractivity (Wildman–Crippen MR) is 82.6 cm³/mol. The first-order valence-electron chi connectivity index (χ1n) is 7.55. The van der Waals surface area contributed by atoms with Gasteiger partial charge in [0.05, 0.1) is 0 Å².